The van der Waals surface area contributed by atoms with E-state index < -0.39 is 35.6 Å². The number of hydrogen-bond donors (Lipinski definition) is 1. The van der Waals surface area contributed by atoms with Crippen molar-refractivity contribution in [2.75, 3.05) is 31.5 Å². The van der Waals surface area contributed by atoms with Gasteiger partial charge in [-0.25, -0.2) is 16.8 Å². The maximum atomic E-state index is 13.1. The van der Waals surface area contributed by atoms with Gasteiger partial charge in [-0.3, -0.25) is 14.8 Å². The number of ether oxygens (including phenoxy) is 2. The maximum Gasteiger partial charge on any atom is 0.271 e. The number of nitro benzene ring substituents is 1. The predicted octanol–water partition coefficient (Wildman–Crippen LogP) is 2.83. The zero-order valence-corrected chi connectivity index (χ0v) is 19.7. The fraction of sp³-hybridized carbons (Fsp3) is 0.368. The van der Waals surface area contributed by atoms with E-state index in [1.807, 2.05) is 0 Å². The van der Waals surface area contributed by atoms with E-state index in [1.165, 1.54) is 29.6 Å². The first-order chi connectivity index (χ1) is 15.0. The molecule has 0 aromatic heterocycles. The molecule has 13 heteroatoms. The highest BCUT2D eigenvalue weighted by Crippen LogP contribution is 2.33. The number of sulfonamides is 2. The Morgan fingerprint density at radius 2 is 1.59 bits per heavy atom. The molecule has 0 saturated carbocycles. The van der Waals surface area contributed by atoms with Crippen LogP contribution in [0.1, 0.15) is 20.8 Å². The fourth-order valence-electron chi connectivity index (χ4n) is 2.95. The number of anilines is 1. The number of nitro groups is 1. The van der Waals surface area contributed by atoms with Gasteiger partial charge in [-0.2, -0.15) is 4.31 Å². The molecule has 32 heavy (non-hydrogen) atoms. The van der Waals surface area contributed by atoms with Gasteiger partial charge in [0, 0.05) is 25.2 Å². The van der Waals surface area contributed by atoms with Gasteiger partial charge in [-0.15, -0.1) is 0 Å². The maximum absolute atomic E-state index is 13.1. The highest BCUT2D eigenvalue weighted by atomic mass is 32.2. The second-order valence-electron chi connectivity index (χ2n) is 6.38. The summed E-state index contributed by atoms with van der Waals surface area (Å²) in [4.78, 5) is 9.68. The molecule has 2 rings (SSSR count). The summed E-state index contributed by atoms with van der Waals surface area (Å²) in [7, 11) is -7.10. The molecule has 176 valence electrons. The molecule has 0 amide bonds. The van der Waals surface area contributed by atoms with E-state index in [9.17, 15) is 26.9 Å². The smallest absolute Gasteiger partial charge is 0.271 e. The van der Waals surface area contributed by atoms with Crippen molar-refractivity contribution in [3.8, 4) is 11.5 Å². The zero-order valence-electron chi connectivity index (χ0n) is 18.1. The van der Waals surface area contributed by atoms with E-state index in [0.717, 1.165) is 18.2 Å². The molecule has 0 unspecified atom stereocenters. The molecule has 2 aromatic rings. The lowest BCUT2D eigenvalue weighted by atomic mass is 10.3. The van der Waals surface area contributed by atoms with E-state index in [4.69, 9.17) is 9.47 Å². The van der Waals surface area contributed by atoms with Crippen LogP contribution >= 0.6 is 0 Å². The summed E-state index contributed by atoms with van der Waals surface area (Å²) in [6, 6.07) is 6.99. The molecule has 11 nitrogen and oxygen atoms in total. The van der Waals surface area contributed by atoms with Crippen LogP contribution in [0.15, 0.2) is 46.2 Å². The Labute approximate surface area is 187 Å². The molecular formula is C19H25N3O8S2. The summed E-state index contributed by atoms with van der Waals surface area (Å²) in [6.07, 6.45) is 0. The Bertz CT molecular complexity index is 1190. The van der Waals surface area contributed by atoms with Crippen LogP contribution < -0.4 is 14.2 Å². The molecule has 0 spiro atoms. The second kappa shape index (κ2) is 10.1. The van der Waals surface area contributed by atoms with Crippen molar-refractivity contribution in [1.82, 2.24) is 4.31 Å². The largest absolute Gasteiger partial charge is 0.495 e. The van der Waals surface area contributed by atoms with Crippen molar-refractivity contribution >= 4 is 31.4 Å². The standard InChI is InChI=1S/C19H25N3O8S2/c1-5-21(6-2)32(27,28)19-12-14(8-10-17(19)30-7-3)20-31(25,26)18-13-15(22(23)24)9-11-16(18)29-4/h8-13,20H,5-7H2,1-4H3. The van der Waals surface area contributed by atoms with Crippen LogP contribution in [0.3, 0.4) is 0 Å². The summed E-state index contributed by atoms with van der Waals surface area (Å²) in [6.45, 7) is 5.69. The molecule has 0 saturated heterocycles. The highest BCUT2D eigenvalue weighted by Gasteiger charge is 2.28. The molecule has 0 aliphatic rings. The lowest BCUT2D eigenvalue weighted by Crippen LogP contribution is -2.31. The van der Waals surface area contributed by atoms with Crippen molar-refractivity contribution in [1.29, 1.82) is 0 Å². The van der Waals surface area contributed by atoms with Crippen molar-refractivity contribution in [2.24, 2.45) is 0 Å². The predicted molar refractivity (Wildman–Crippen MR) is 118 cm³/mol. The Balaban J connectivity index is 2.58. The first-order valence-electron chi connectivity index (χ1n) is 9.64. The lowest BCUT2D eigenvalue weighted by molar-refractivity contribution is -0.385. The third-order valence-electron chi connectivity index (χ3n) is 4.47. The molecule has 2 aromatic carbocycles. The molecule has 1 N–H and O–H groups in total. The van der Waals surface area contributed by atoms with Crippen molar-refractivity contribution in [3.63, 3.8) is 0 Å². The fourth-order valence-corrected chi connectivity index (χ4v) is 5.80. The number of benzene rings is 2. The average molecular weight is 488 g/mol. The minimum Gasteiger partial charge on any atom is -0.495 e. The van der Waals surface area contributed by atoms with E-state index >= 15 is 0 Å². The monoisotopic (exact) mass is 487 g/mol. The number of nitrogens with zero attached hydrogens (tertiary/aromatic N) is 2. The van der Waals surface area contributed by atoms with Gasteiger partial charge in [0.05, 0.1) is 24.3 Å². The quantitative estimate of drug-likeness (QED) is 0.376. The van der Waals surface area contributed by atoms with Gasteiger partial charge in [0.2, 0.25) is 10.0 Å². The average Bonchev–Trinajstić information content (AvgIpc) is 2.74. The third kappa shape index (κ3) is 5.29. The summed E-state index contributed by atoms with van der Waals surface area (Å²) < 4.78 is 66.0. The zero-order chi connectivity index (χ0) is 24.1. The van der Waals surface area contributed by atoms with Crippen LogP contribution in [0, 0.1) is 10.1 Å². The number of hydrogen-bond acceptors (Lipinski definition) is 8. The Hall–Kier alpha value is -2.90. The van der Waals surface area contributed by atoms with Crippen LogP contribution in [0.25, 0.3) is 0 Å². The van der Waals surface area contributed by atoms with Gasteiger partial charge in [-0.1, -0.05) is 13.8 Å². The van der Waals surface area contributed by atoms with Crippen LogP contribution in [0.4, 0.5) is 11.4 Å². The van der Waals surface area contributed by atoms with Crippen molar-refractivity contribution in [2.45, 2.75) is 30.6 Å². The lowest BCUT2D eigenvalue weighted by Gasteiger charge is -2.21. The van der Waals surface area contributed by atoms with Gasteiger partial charge in [0.1, 0.15) is 21.3 Å². The minimum absolute atomic E-state index is 0.0623. The first-order valence-corrected chi connectivity index (χ1v) is 12.6. The number of nitrogens with one attached hydrogen (secondary N) is 1. The van der Waals surface area contributed by atoms with E-state index in [2.05, 4.69) is 4.72 Å². The Kier molecular flexibility index (Phi) is 8.04. The Morgan fingerprint density at radius 1 is 0.969 bits per heavy atom. The van der Waals surface area contributed by atoms with Gasteiger partial charge in [0.25, 0.3) is 15.7 Å². The molecule has 0 bridgehead atoms. The summed E-state index contributed by atoms with van der Waals surface area (Å²) in [5, 5.41) is 11.1. The summed E-state index contributed by atoms with van der Waals surface area (Å²) in [5.41, 5.74) is -0.504. The highest BCUT2D eigenvalue weighted by molar-refractivity contribution is 7.92. The number of rotatable bonds is 11. The Morgan fingerprint density at radius 3 is 2.12 bits per heavy atom. The van der Waals surface area contributed by atoms with Gasteiger partial charge < -0.3 is 9.47 Å². The van der Waals surface area contributed by atoms with E-state index in [-0.39, 0.29) is 41.8 Å². The normalized spacial score (nSPS) is 11.9. The molecule has 0 aliphatic heterocycles. The molecular weight excluding hydrogens is 462 g/mol. The SMILES string of the molecule is CCOc1ccc(NS(=O)(=O)c2cc([N+](=O)[O-])ccc2OC)cc1S(=O)(=O)N(CC)CC. The molecule has 0 atom stereocenters. The summed E-state index contributed by atoms with van der Waals surface area (Å²) in [5.74, 6) is -0.0275. The van der Waals surface area contributed by atoms with E-state index in [1.54, 1.807) is 20.8 Å². The third-order valence-corrected chi connectivity index (χ3v) is 7.94. The van der Waals surface area contributed by atoms with Crippen molar-refractivity contribution < 1.29 is 31.2 Å². The number of non-ortho nitro benzene ring substituents is 1. The molecule has 0 heterocycles. The minimum atomic E-state index is -4.36. The van der Waals surface area contributed by atoms with Gasteiger partial charge in [-0.05, 0) is 31.2 Å². The molecule has 0 fully saturated rings. The van der Waals surface area contributed by atoms with E-state index in [0.29, 0.717) is 0 Å². The summed E-state index contributed by atoms with van der Waals surface area (Å²) >= 11 is 0. The van der Waals surface area contributed by atoms with Crippen LogP contribution in [0.5, 0.6) is 11.5 Å². The second-order valence-corrected chi connectivity index (χ2v) is 9.94. The van der Waals surface area contributed by atoms with Gasteiger partial charge >= 0.3 is 0 Å². The van der Waals surface area contributed by atoms with Crippen LogP contribution in [0.2, 0.25) is 0 Å². The van der Waals surface area contributed by atoms with Crippen LogP contribution in [-0.2, 0) is 20.0 Å². The van der Waals surface area contributed by atoms with Gasteiger partial charge in [0.15, 0.2) is 0 Å². The van der Waals surface area contributed by atoms with Crippen LogP contribution in [-0.4, -0.2) is 52.9 Å². The first kappa shape index (κ1) is 25.4. The van der Waals surface area contributed by atoms with Crippen molar-refractivity contribution in [3.05, 3.63) is 46.5 Å². The molecule has 0 aliphatic carbocycles. The topological polar surface area (TPSA) is 145 Å². The molecule has 0 radical (unpaired) electrons. The number of methoxy groups -OCH3 is 1.